The number of carbonyl (C=O) groups is 3. The zero-order valence-electron chi connectivity index (χ0n) is 16.4. The molecule has 1 atom stereocenters. The molecular weight excluding hydrogens is 413 g/mol. The second-order valence-electron chi connectivity index (χ2n) is 7.64. The number of amides is 3. The maximum atomic E-state index is 12.7. The zero-order chi connectivity index (χ0) is 22.2. The number of carbonyl (C=O) groups excluding carboxylic acids is 3. The molecule has 162 valence electrons. The van der Waals surface area contributed by atoms with Crippen LogP contribution in [0.1, 0.15) is 29.5 Å². The van der Waals surface area contributed by atoms with E-state index >= 15 is 0 Å². The molecule has 6 nitrogen and oxygen atoms in total. The van der Waals surface area contributed by atoms with Crippen LogP contribution in [0.4, 0.5) is 13.2 Å². The Morgan fingerprint density at radius 1 is 1.06 bits per heavy atom. The number of fused-ring (bicyclic) bond motifs is 1. The SMILES string of the molecule is O=C1CC(CC(=O)N2CCc3ccc(Oc4ccc(C(F)(F)F)cc4)cc3C2)C(=O)N1. The van der Waals surface area contributed by atoms with E-state index in [1.54, 1.807) is 17.0 Å². The van der Waals surface area contributed by atoms with Crippen LogP contribution in [0.2, 0.25) is 0 Å². The molecular formula is C22H19F3N2O4. The lowest BCUT2D eigenvalue weighted by atomic mass is 9.97. The van der Waals surface area contributed by atoms with Crippen LogP contribution in [0.3, 0.4) is 0 Å². The van der Waals surface area contributed by atoms with Gasteiger partial charge in [0.1, 0.15) is 11.5 Å². The van der Waals surface area contributed by atoms with Crippen LogP contribution in [0, 0.1) is 5.92 Å². The van der Waals surface area contributed by atoms with Crippen LogP contribution in [-0.2, 0) is 33.5 Å². The van der Waals surface area contributed by atoms with Crippen molar-refractivity contribution in [1.82, 2.24) is 10.2 Å². The van der Waals surface area contributed by atoms with E-state index in [1.807, 2.05) is 6.07 Å². The number of hydrogen-bond donors (Lipinski definition) is 1. The highest BCUT2D eigenvalue weighted by Gasteiger charge is 2.34. The molecule has 0 aromatic heterocycles. The third-order valence-electron chi connectivity index (χ3n) is 5.45. The number of benzene rings is 2. The summed E-state index contributed by atoms with van der Waals surface area (Å²) < 4.78 is 43.8. The Kier molecular flexibility index (Phi) is 5.43. The standard InChI is InChI=1S/C22H19F3N2O4/c23-22(24,25)16-2-5-17(6-3-16)31-18-4-1-13-7-8-27(12-15(13)9-18)20(29)11-14-10-19(28)26-21(14)30/h1-6,9,14H,7-8,10-12H2,(H,26,28,30). The molecule has 2 aromatic rings. The first-order valence-corrected chi connectivity index (χ1v) is 9.77. The third-order valence-corrected chi connectivity index (χ3v) is 5.45. The maximum absolute atomic E-state index is 12.7. The highest BCUT2D eigenvalue weighted by molar-refractivity contribution is 6.04. The summed E-state index contributed by atoms with van der Waals surface area (Å²) in [6.45, 7) is 0.841. The lowest BCUT2D eigenvalue weighted by Gasteiger charge is -2.29. The van der Waals surface area contributed by atoms with Gasteiger partial charge in [-0.3, -0.25) is 19.7 Å². The molecule has 2 aliphatic heterocycles. The van der Waals surface area contributed by atoms with Gasteiger partial charge in [0, 0.05) is 25.9 Å². The van der Waals surface area contributed by atoms with Gasteiger partial charge in [-0.1, -0.05) is 6.07 Å². The van der Waals surface area contributed by atoms with Crippen LogP contribution in [0.5, 0.6) is 11.5 Å². The zero-order valence-corrected chi connectivity index (χ0v) is 16.4. The van der Waals surface area contributed by atoms with Gasteiger partial charge >= 0.3 is 6.18 Å². The van der Waals surface area contributed by atoms with E-state index in [2.05, 4.69) is 5.32 Å². The van der Waals surface area contributed by atoms with Crippen molar-refractivity contribution >= 4 is 17.7 Å². The minimum Gasteiger partial charge on any atom is -0.457 e. The van der Waals surface area contributed by atoms with Crippen LogP contribution in [0.25, 0.3) is 0 Å². The summed E-state index contributed by atoms with van der Waals surface area (Å²) in [6, 6.07) is 9.80. The van der Waals surface area contributed by atoms with Gasteiger partial charge in [-0.05, 0) is 53.9 Å². The van der Waals surface area contributed by atoms with Crippen molar-refractivity contribution in [3.8, 4) is 11.5 Å². The van der Waals surface area contributed by atoms with Crippen LogP contribution < -0.4 is 10.1 Å². The van der Waals surface area contributed by atoms with Crippen molar-refractivity contribution in [2.24, 2.45) is 5.92 Å². The first kappa shape index (κ1) is 20.9. The number of halogens is 3. The highest BCUT2D eigenvalue weighted by atomic mass is 19.4. The van der Waals surface area contributed by atoms with Crippen molar-refractivity contribution in [3.63, 3.8) is 0 Å². The highest BCUT2D eigenvalue weighted by Crippen LogP contribution is 2.32. The number of nitrogens with one attached hydrogen (secondary N) is 1. The molecule has 0 aliphatic carbocycles. The molecule has 31 heavy (non-hydrogen) atoms. The number of rotatable bonds is 4. The first-order valence-electron chi connectivity index (χ1n) is 9.77. The third kappa shape index (κ3) is 4.70. The summed E-state index contributed by atoms with van der Waals surface area (Å²) in [5.41, 5.74) is 1.17. The maximum Gasteiger partial charge on any atom is 0.416 e. The second-order valence-corrected chi connectivity index (χ2v) is 7.64. The van der Waals surface area contributed by atoms with Crippen molar-refractivity contribution in [2.45, 2.75) is 32.0 Å². The van der Waals surface area contributed by atoms with Gasteiger partial charge in [0.25, 0.3) is 0 Å². The Bertz CT molecular complexity index is 1030. The molecule has 2 aliphatic rings. The van der Waals surface area contributed by atoms with Gasteiger partial charge in [0.15, 0.2) is 0 Å². The van der Waals surface area contributed by atoms with Crippen molar-refractivity contribution in [3.05, 3.63) is 59.2 Å². The minimum atomic E-state index is -4.41. The van der Waals surface area contributed by atoms with Gasteiger partial charge in [0.05, 0.1) is 11.5 Å². The van der Waals surface area contributed by atoms with E-state index in [-0.39, 0.29) is 30.4 Å². The van der Waals surface area contributed by atoms with E-state index < -0.39 is 23.6 Å². The molecule has 2 aromatic carbocycles. The lowest BCUT2D eigenvalue weighted by molar-refractivity contribution is -0.137. The average Bonchev–Trinajstić information content (AvgIpc) is 3.03. The normalized spacial score (nSPS) is 18.5. The van der Waals surface area contributed by atoms with Crippen molar-refractivity contribution in [1.29, 1.82) is 0 Å². The number of hydrogen-bond acceptors (Lipinski definition) is 4. The second kappa shape index (κ2) is 8.05. The Balaban J connectivity index is 1.42. The van der Waals surface area contributed by atoms with E-state index in [1.165, 1.54) is 12.1 Å². The summed E-state index contributed by atoms with van der Waals surface area (Å²) in [4.78, 5) is 37.3. The number of alkyl halides is 3. The Hall–Kier alpha value is -3.36. The topological polar surface area (TPSA) is 75.7 Å². The number of imide groups is 1. The molecule has 9 heteroatoms. The molecule has 0 bridgehead atoms. The van der Waals surface area contributed by atoms with Gasteiger partial charge < -0.3 is 9.64 Å². The molecule has 1 fully saturated rings. The van der Waals surface area contributed by atoms with Gasteiger partial charge in [-0.2, -0.15) is 13.2 Å². The molecule has 1 unspecified atom stereocenters. The predicted octanol–water partition coefficient (Wildman–Crippen LogP) is 3.44. The Labute approximate surface area is 176 Å². The van der Waals surface area contributed by atoms with Gasteiger partial charge in [-0.15, -0.1) is 0 Å². The predicted molar refractivity (Wildman–Crippen MR) is 103 cm³/mol. The number of nitrogens with zero attached hydrogens (tertiary/aromatic N) is 1. The first-order chi connectivity index (χ1) is 14.7. The molecule has 1 saturated heterocycles. The Morgan fingerprint density at radius 3 is 2.42 bits per heavy atom. The molecule has 0 radical (unpaired) electrons. The minimum absolute atomic E-state index is 0.0192. The fraction of sp³-hybridized carbons (Fsp3) is 0.318. The van der Waals surface area contributed by atoms with Gasteiger partial charge in [-0.25, -0.2) is 0 Å². The largest absolute Gasteiger partial charge is 0.457 e. The van der Waals surface area contributed by atoms with E-state index in [4.69, 9.17) is 4.74 Å². The van der Waals surface area contributed by atoms with Crippen LogP contribution in [0.15, 0.2) is 42.5 Å². The monoisotopic (exact) mass is 432 g/mol. The molecule has 4 rings (SSSR count). The molecule has 0 saturated carbocycles. The van der Waals surface area contributed by atoms with Crippen LogP contribution >= 0.6 is 0 Å². The van der Waals surface area contributed by atoms with E-state index in [0.29, 0.717) is 25.3 Å². The number of ether oxygens (including phenoxy) is 1. The molecule has 0 spiro atoms. The van der Waals surface area contributed by atoms with Crippen molar-refractivity contribution < 1.29 is 32.3 Å². The van der Waals surface area contributed by atoms with Crippen molar-refractivity contribution in [2.75, 3.05) is 6.54 Å². The summed E-state index contributed by atoms with van der Waals surface area (Å²) >= 11 is 0. The smallest absolute Gasteiger partial charge is 0.416 e. The Morgan fingerprint density at radius 2 is 1.77 bits per heavy atom. The van der Waals surface area contributed by atoms with E-state index in [9.17, 15) is 27.6 Å². The fourth-order valence-corrected chi connectivity index (χ4v) is 3.77. The van der Waals surface area contributed by atoms with E-state index in [0.717, 1.165) is 23.3 Å². The fourth-order valence-electron chi connectivity index (χ4n) is 3.77. The summed E-state index contributed by atoms with van der Waals surface area (Å²) in [6.07, 6.45) is -3.76. The molecule has 2 heterocycles. The average molecular weight is 432 g/mol. The van der Waals surface area contributed by atoms with Gasteiger partial charge in [0.2, 0.25) is 17.7 Å². The quantitative estimate of drug-likeness (QED) is 0.752. The summed E-state index contributed by atoms with van der Waals surface area (Å²) in [7, 11) is 0. The summed E-state index contributed by atoms with van der Waals surface area (Å²) in [5.74, 6) is -0.882. The molecule has 3 amide bonds. The summed E-state index contributed by atoms with van der Waals surface area (Å²) in [5, 5.41) is 2.21. The molecule has 1 N–H and O–H groups in total. The lowest BCUT2D eigenvalue weighted by Crippen LogP contribution is -2.37. The van der Waals surface area contributed by atoms with Crippen LogP contribution in [-0.4, -0.2) is 29.2 Å².